The van der Waals surface area contributed by atoms with E-state index in [0.29, 0.717) is 0 Å². The first-order valence-electron chi connectivity index (χ1n) is 9.69. The molecule has 5 nitrogen and oxygen atoms in total. The zero-order valence-electron chi connectivity index (χ0n) is 17.7. The molecule has 0 spiro atoms. The number of hydrogen-bond acceptors (Lipinski definition) is 3. The average Bonchev–Trinajstić information content (AvgIpc) is 2.80. The predicted octanol–water partition coefficient (Wildman–Crippen LogP) is 4.73. The van der Waals surface area contributed by atoms with Crippen molar-refractivity contribution in [1.29, 1.82) is 0 Å². The second-order valence-corrected chi connectivity index (χ2v) is 7.20. The highest BCUT2D eigenvalue weighted by Crippen LogP contribution is 2.50. The van der Waals surface area contributed by atoms with Gasteiger partial charge in [0.05, 0.1) is 0 Å². The molecule has 0 bridgehead atoms. The van der Waals surface area contributed by atoms with Crippen molar-refractivity contribution in [3.05, 3.63) is 71.8 Å². The molecule has 0 fully saturated rings. The average molecular weight is 534 g/mol. The summed E-state index contributed by atoms with van der Waals surface area (Å²) in [5, 5.41) is 2.43. The molecule has 0 aromatic heterocycles. The van der Waals surface area contributed by atoms with Gasteiger partial charge in [0.1, 0.15) is 0 Å². The molecule has 198 valence electrons. The summed E-state index contributed by atoms with van der Waals surface area (Å²) < 4.78 is 141. The lowest BCUT2D eigenvalue weighted by molar-refractivity contribution is -0.455. The van der Waals surface area contributed by atoms with E-state index >= 15 is 0 Å². The van der Waals surface area contributed by atoms with Gasteiger partial charge in [0, 0.05) is 13.1 Å². The van der Waals surface area contributed by atoms with Crippen molar-refractivity contribution in [2.24, 2.45) is 0 Å². The van der Waals surface area contributed by atoms with Gasteiger partial charge in [0.2, 0.25) is 0 Å². The summed E-state index contributed by atoms with van der Waals surface area (Å²) in [6, 6.07) is 13.2. The molecule has 2 aromatic rings. The Balaban J connectivity index is 2.26. The molecule has 36 heavy (non-hydrogen) atoms. The molecule has 1 atom stereocenters. The van der Waals surface area contributed by atoms with Crippen molar-refractivity contribution in [2.45, 2.75) is 43.1 Å². The molecule has 2 rings (SSSR count). The van der Waals surface area contributed by atoms with E-state index in [1.54, 1.807) is 0 Å². The number of benzene rings is 2. The first kappa shape index (κ1) is 28.9. The van der Waals surface area contributed by atoms with Crippen LogP contribution < -0.4 is 10.6 Å². The largest absolute Gasteiger partial charge is 0.458 e. The van der Waals surface area contributed by atoms with Crippen LogP contribution in [-0.2, 0) is 27.4 Å². The number of rotatable bonds is 10. The Bertz CT molecular complexity index is 1050. The number of amides is 2. The molecule has 2 N–H and O–H groups in total. The lowest BCUT2D eigenvalue weighted by Gasteiger charge is -2.35. The Morgan fingerprint density at radius 3 is 1.42 bits per heavy atom. The van der Waals surface area contributed by atoms with Gasteiger partial charge in [-0.3, -0.25) is 14.3 Å². The summed E-state index contributed by atoms with van der Waals surface area (Å²) in [5.74, 6) is -25.7. The lowest BCUT2D eigenvalue weighted by atomic mass is 10.1. The Hall–Kier alpha value is -3.36. The van der Waals surface area contributed by atoms with Crippen LogP contribution in [0.15, 0.2) is 60.7 Å². The molecule has 2 aromatic carbocycles. The molecule has 0 aliphatic heterocycles. The normalized spacial score (nSPS) is 14.6. The van der Waals surface area contributed by atoms with Crippen LogP contribution in [0.25, 0.3) is 0 Å². The molecule has 0 saturated carbocycles. The number of hydrogen-bond donors (Lipinski definition) is 2. The van der Waals surface area contributed by atoms with Gasteiger partial charge in [0.25, 0.3) is 11.8 Å². The highest BCUT2D eigenvalue weighted by molar-refractivity contribution is 5.85. The Kier molecular flexibility index (Phi) is 8.28. The van der Waals surface area contributed by atoms with Crippen molar-refractivity contribution in [2.75, 3.05) is 0 Å². The van der Waals surface area contributed by atoms with E-state index in [0.717, 1.165) is 0 Å². The Morgan fingerprint density at radius 2 is 1.03 bits per heavy atom. The standard InChI is InChI=1S/C21H16F10N2O3/c22-17(23,15(34)32-11-13-7-3-1-4-8-13)19(25,26)21(30,31)36-18(24,20(27,28)29)16(35)33-12-14-9-5-2-6-10-14/h1-10H,11-12H2,(H,32,34)(H,33,35)/t18-/m1/s1. The lowest BCUT2D eigenvalue weighted by Crippen LogP contribution is -2.66. The maximum Gasteiger partial charge on any atom is 0.458 e. The molecule has 0 radical (unpaired) electrons. The fourth-order valence-electron chi connectivity index (χ4n) is 2.58. The first-order valence-corrected chi connectivity index (χ1v) is 9.69. The topological polar surface area (TPSA) is 67.4 Å². The number of carbonyl (C=O) groups excluding carboxylic acids is 2. The minimum absolute atomic E-state index is 0.0362. The molecule has 15 heteroatoms. The van der Waals surface area contributed by atoms with E-state index in [4.69, 9.17) is 0 Å². The van der Waals surface area contributed by atoms with Crippen molar-refractivity contribution in [3.63, 3.8) is 0 Å². The maximum absolute atomic E-state index is 14.5. The van der Waals surface area contributed by atoms with E-state index in [1.165, 1.54) is 71.3 Å². The SMILES string of the molecule is O=C(NCc1ccccc1)C(F)(F)C(F)(F)C(F)(F)O[C@](F)(C(=O)NCc1ccccc1)C(F)(F)F. The van der Waals surface area contributed by atoms with Gasteiger partial charge in [0.15, 0.2) is 0 Å². The number of carbonyl (C=O) groups is 2. The Morgan fingerprint density at radius 1 is 0.639 bits per heavy atom. The zero-order valence-corrected chi connectivity index (χ0v) is 17.7. The second kappa shape index (κ2) is 10.3. The molecule has 0 unspecified atom stereocenters. The minimum Gasteiger partial charge on any atom is -0.347 e. The summed E-state index contributed by atoms with van der Waals surface area (Å²) >= 11 is 0. The first-order chi connectivity index (χ1) is 16.5. The fourth-order valence-corrected chi connectivity index (χ4v) is 2.58. The molecular weight excluding hydrogens is 518 g/mol. The van der Waals surface area contributed by atoms with Crippen LogP contribution in [0.5, 0.6) is 0 Å². The van der Waals surface area contributed by atoms with Crippen LogP contribution in [0, 0.1) is 0 Å². The maximum atomic E-state index is 14.5. The summed E-state index contributed by atoms with van der Waals surface area (Å²) in [6.07, 6.45) is -13.7. The van der Waals surface area contributed by atoms with Crippen molar-refractivity contribution in [3.8, 4) is 0 Å². The Labute approximate surface area is 196 Å². The summed E-state index contributed by atoms with van der Waals surface area (Å²) in [6.45, 7) is -1.75. The van der Waals surface area contributed by atoms with Crippen molar-refractivity contribution >= 4 is 11.8 Å². The number of alkyl halides is 10. The van der Waals surface area contributed by atoms with Crippen LogP contribution in [0.4, 0.5) is 43.9 Å². The monoisotopic (exact) mass is 534 g/mol. The van der Waals surface area contributed by atoms with Crippen LogP contribution in [-0.4, -0.2) is 41.8 Å². The van der Waals surface area contributed by atoms with Crippen LogP contribution in [0.3, 0.4) is 0 Å². The van der Waals surface area contributed by atoms with Crippen LogP contribution in [0.2, 0.25) is 0 Å². The van der Waals surface area contributed by atoms with E-state index in [2.05, 4.69) is 4.74 Å². The predicted molar refractivity (Wildman–Crippen MR) is 102 cm³/mol. The van der Waals surface area contributed by atoms with E-state index < -0.39 is 54.9 Å². The molecule has 0 aliphatic carbocycles. The third-order valence-corrected chi connectivity index (χ3v) is 4.56. The van der Waals surface area contributed by atoms with Gasteiger partial charge in [-0.25, -0.2) is 0 Å². The van der Waals surface area contributed by atoms with E-state index in [1.807, 2.05) is 0 Å². The van der Waals surface area contributed by atoms with Crippen LogP contribution >= 0.6 is 0 Å². The van der Waals surface area contributed by atoms with Gasteiger partial charge in [-0.05, 0) is 11.1 Å². The van der Waals surface area contributed by atoms with Gasteiger partial charge in [-0.15, -0.1) is 0 Å². The molecule has 2 amide bonds. The third kappa shape index (κ3) is 5.88. The van der Waals surface area contributed by atoms with Gasteiger partial charge in [-0.2, -0.15) is 43.9 Å². The molecule has 0 heterocycles. The summed E-state index contributed by atoms with van der Waals surface area (Å²) in [5.41, 5.74) is 0.108. The zero-order chi connectivity index (χ0) is 27.4. The van der Waals surface area contributed by atoms with E-state index in [-0.39, 0.29) is 11.1 Å². The number of halogens is 10. The fraction of sp³-hybridized carbons (Fsp3) is 0.333. The van der Waals surface area contributed by atoms with Crippen LogP contribution in [0.1, 0.15) is 11.1 Å². The van der Waals surface area contributed by atoms with Gasteiger partial charge < -0.3 is 10.6 Å². The smallest absolute Gasteiger partial charge is 0.347 e. The highest BCUT2D eigenvalue weighted by Gasteiger charge is 2.80. The molecule has 0 saturated heterocycles. The molecule has 0 aliphatic rings. The quantitative estimate of drug-likeness (QED) is 0.434. The van der Waals surface area contributed by atoms with Crippen molar-refractivity contribution < 1.29 is 58.2 Å². The number of nitrogens with one attached hydrogen (secondary N) is 2. The van der Waals surface area contributed by atoms with Gasteiger partial charge >= 0.3 is 30.0 Å². The molecular formula is C21H16F10N2O3. The van der Waals surface area contributed by atoms with Crippen molar-refractivity contribution in [1.82, 2.24) is 10.6 Å². The summed E-state index contributed by atoms with van der Waals surface area (Å²) in [4.78, 5) is 23.3. The minimum atomic E-state index is -7.04. The third-order valence-electron chi connectivity index (χ3n) is 4.56. The highest BCUT2D eigenvalue weighted by atomic mass is 19.4. The summed E-state index contributed by atoms with van der Waals surface area (Å²) in [7, 11) is 0. The number of ether oxygens (including phenoxy) is 1. The second-order valence-electron chi connectivity index (χ2n) is 7.20. The van der Waals surface area contributed by atoms with E-state index in [9.17, 15) is 53.5 Å². The van der Waals surface area contributed by atoms with Gasteiger partial charge in [-0.1, -0.05) is 60.7 Å².